The maximum absolute atomic E-state index is 6.28. The number of benzene rings is 1. The van der Waals surface area contributed by atoms with E-state index in [1.807, 2.05) is 13.1 Å². The SMILES string of the molecule is CN=C(NCC(C)CN1CCOCC1)NCC1CCCN(C)C1c1cccc(Cl)c1. The van der Waals surface area contributed by atoms with Gasteiger partial charge in [0.2, 0.25) is 0 Å². The van der Waals surface area contributed by atoms with E-state index < -0.39 is 0 Å². The Balaban J connectivity index is 1.50. The van der Waals surface area contributed by atoms with Gasteiger partial charge in [0.15, 0.2) is 5.96 Å². The number of likely N-dealkylation sites (tertiary alicyclic amines) is 1. The Hall–Kier alpha value is -1.34. The van der Waals surface area contributed by atoms with E-state index in [0.717, 1.165) is 63.5 Å². The normalized spacial score (nSPS) is 25.1. The summed E-state index contributed by atoms with van der Waals surface area (Å²) in [6.07, 6.45) is 2.43. The van der Waals surface area contributed by atoms with E-state index in [4.69, 9.17) is 16.3 Å². The van der Waals surface area contributed by atoms with Crippen LogP contribution in [-0.4, -0.2) is 82.3 Å². The monoisotopic (exact) mass is 435 g/mol. The van der Waals surface area contributed by atoms with E-state index in [2.05, 4.69) is 57.6 Å². The van der Waals surface area contributed by atoms with E-state index >= 15 is 0 Å². The molecule has 0 saturated carbocycles. The number of rotatable bonds is 7. The molecular weight excluding hydrogens is 398 g/mol. The second kappa shape index (κ2) is 11.9. The molecule has 3 atom stereocenters. The molecule has 1 aromatic rings. The Kier molecular flexibility index (Phi) is 9.25. The Morgan fingerprint density at radius 1 is 1.27 bits per heavy atom. The van der Waals surface area contributed by atoms with E-state index in [0.29, 0.717) is 17.9 Å². The van der Waals surface area contributed by atoms with Gasteiger partial charge >= 0.3 is 0 Å². The predicted octanol–water partition coefficient (Wildman–Crippen LogP) is 2.86. The molecule has 2 aliphatic heterocycles. The number of nitrogens with zero attached hydrogens (tertiary/aromatic N) is 3. The average molecular weight is 436 g/mol. The van der Waals surface area contributed by atoms with Crippen LogP contribution in [-0.2, 0) is 4.74 Å². The summed E-state index contributed by atoms with van der Waals surface area (Å²) in [4.78, 5) is 9.39. The zero-order chi connectivity index (χ0) is 21.3. The molecule has 6 nitrogen and oxygen atoms in total. The highest BCUT2D eigenvalue weighted by Crippen LogP contribution is 2.35. The van der Waals surface area contributed by atoms with Crippen LogP contribution in [0.1, 0.15) is 31.4 Å². The van der Waals surface area contributed by atoms with Crippen molar-refractivity contribution in [3.63, 3.8) is 0 Å². The van der Waals surface area contributed by atoms with Gasteiger partial charge in [0.1, 0.15) is 0 Å². The summed E-state index contributed by atoms with van der Waals surface area (Å²) in [5.41, 5.74) is 1.30. The van der Waals surface area contributed by atoms with Gasteiger partial charge in [0.25, 0.3) is 0 Å². The molecule has 30 heavy (non-hydrogen) atoms. The Morgan fingerprint density at radius 3 is 2.80 bits per heavy atom. The number of hydrogen-bond donors (Lipinski definition) is 2. The van der Waals surface area contributed by atoms with Gasteiger partial charge in [-0.05, 0) is 56.0 Å². The van der Waals surface area contributed by atoms with Crippen LogP contribution in [0.4, 0.5) is 0 Å². The van der Waals surface area contributed by atoms with Crippen LogP contribution in [0.25, 0.3) is 0 Å². The van der Waals surface area contributed by atoms with Crippen LogP contribution in [0.2, 0.25) is 5.02 Å². The molecule has 0 aliphatic carbocycles. The lowest BCUT2D eigenvalue weighted by Crippen LogP contribution is -2.47. The number of ether oxygens (including phenoxy) is 1. The molecule has 2 heterocycles. The summed E-state index contributed by atoms with van der Waals surface area (Å²) in [6.45, 7) is 10.1. The molecular formula is C23H38ClN5O. The molecule has 2 N–H and O–H groups in total. The zero-order valence-electron chi connectivity index (χ0n) is 18.7. The molecule has 0 spiro atoms. The lowest BCUT2D eigenvalue weighted by molar-refractivity contribution is 0.0320. The zero-order valence-corrected chi connectivity index (χ0v) is 19.5. The highest BCUT2D eigenvalue weighted by Gasteiger charge is 2.30. The summed E-state index contributed by atoms with van der Waals surface area (Å²) in [5.74, 6) is 1.97. The average Bonchev–Trinajstić information content (AvgIpc) is 2.74. The highest BCUT2D eigenvalue weighted by molar-refractivity contribution is 6.30. The number of piperidine rings is 1. The lowest BCUT2D eigenvalue weighted by Gasteiger charge is -2.40. The van der Waals surface area contributed by atoms with Crippen LogP contribution >= 0.6 is 11.6 Å². The molecule has 0 bridgehead atoms. The summed E-state index contributed by atoms with van der Waals surface area (Å²) in [7, 11) is 4.07. The van der Waals surface area contributed by atoms with E-state index in [1.165, 1.54) is 18.4 Å². The van der Waals surface area contributed by atoms with Crippen molar-refractivity contribution < 1.29 is 4.74 Å². The van der Waals surface area contributed by atoms with Crippen LogP contribution in [0.3, 0.4) is 0 Å². The van der Waals surface area contributed by atoms with E-state index in [1.54, 1.807) is 0 Å². The fourth-order valence-electron chi connectivity index (χ4n) is 4.70. The molecule has 3 unspecified atom stereocenters. The highest BCUT2D eigenvalue weighted by atomic mass is 35.5. The number of halogens is 1. The van der Waals surface area contributed by atoms with Gasteiger partial charge in [-0.25, -0.2) is 0 Å². The van der Waals surface area contributed by atoms with Gasteiger partial charge in [-0.15, -0.1) is 0 Å². The minimum atomic E-state index is 0.378. The molecule has 2 fully saturated rings. The number of morpholine rings is 1. The number of guanidine groups is 1. The fraction of sp³-hybridized carbons (Fsp3) is 0.696. The Bertz CT molecular complexity index is 679. The minimum absolute atomic E-state index is 0.378. The molecule has 0 aromatic heterocycles. The fourth-order valence-corrected chi connectivity index (χ4v) is 4.90. The van der Waals surface area contributed by atoms with Crippen molar-refractivity contribution in [2.24, 2.45) is 16.8 Å². The first-order valence-electron chi connectivity index (χ1n) is 11.3. The molecule has 0 amide bonds. The maximum atomic E-state index is 6.28. The van der Waals surface area contributed by atoms with E-state index in [-0.39, 0.29) is 0 Å². The third-order valence-corrected chi connectivity index (χ3v) is 6.48. The molecule has 2 aliphatic rings. The number of nitrogens with one attached hydrogen (secondary N) is 2. The molecule has 1 aromatic carbocycles. The summed E-state index contributed by atoms with van der Waals surface area (Å²) in [5, 5.41) is 7.91. The van der Waals surface area contributed by atoms with Crippen LogP contribution in [0.5, 0.6) is 0 Å². The molecule has 0 radical (unpaired) electrons. The Labute approximate surface area is 187 Å². The second-order valence-corrected chi connectivity index (χ2v) is 9.17. The first-order valence-corrected chi connectivity index (χ1v) is 11.6. The van der Waals surface area contributed by atoms with Crippen molar-refractivity contribution >= 4 is 17.6 Å². The van der Waals surface area contributed by atoms with Crippen LogP contribution < -0.4 is 10.6 Å². The standard InChI is InChI=1S/C23H38ClN5O/c1-18(17-29-10-12-30-13-11-29)15-26-23(25-2)27-16-20-7-5-9-28(3)22(20)19-6-4-8-21(24)14-19/h4,6,8,14,18,20,22H,5,7,9-13,15-17H2,1-3H3,(H2,25,26,27). The quantitative estimate of drug-likeness (QED) is 0.509. The van der Waals surface area contributed by atoms with Crippen molar-refractivity contribution in [1.29, 1.82) is 0 Å². The van der Waals surface area contributed by atoms with E-state index in [9.17, 15) is 0 Å². The van der Waals surface area contributed by atoms with Crippen molar-refractivity contribution in [2.75, 3.05) is 66.6 Å². The van der Waals surface area contributed by atoms with Crippen molar-refractivity contribution in [2.45, 2.75) is 25.8 Å². The van der Waals surface area contributed by atoms with Gasteiger partial charge in [0.05, 0.1) is 13.2 Å². The summed E-state index contributed by atoms with van der Waals surface area (Å²) < 4.78 is 5.44. The van der Waals surface area contributed by atoms with Crippen LogP contribution in [0, 0.1) is 11.8 Å². The lowest BCUT2D eigenvalue weighted by atomic mass is 9.85. The van der Waals surface area contributed by atoms with Gasteiger partial charge < -0.3 is 15.4 Å². The first-order chi connectivity index (χ1) is 14.6. The topological polar surface area (TPSA) is 52.1 Å². The predicted molar refractivity (Wildman–Crippen MR) is 125 cm³/mol. The molecule has 168 valence electrons. The summed E-state index contributed by atoms with van der Waals surface area (Å²) in [6, 6.07) is 8.70. The minimum Gasteiger partial charge on any atom is -0.379 e. The second-order valence-electron chi connectivity index (χ2n) is 8.73. The maximum Gasteiger partial charge on any atom is 0.190 e. The van der Waals surface area contributed by atoms with Gasteiger partial charge in [-0.1, -0.05) is 30.7 Å². The Morgan fingerprint density at radius 2 is 2.07 bits per heavy atom. The first kappa shape index (κ1) is 23.3. The number of aliphatic imine (C=N–C) groups is 1. The number of hydrogen-bond acceptors (Lipinski definition) is 4. The van der Waals surface area contributed by atoms with Crippen LogP contribution in [0.15, 0.2) is 29.3 Å². The molecule has 2 saturated heterocycles. The van der Waals surface area contributed by atoms with Gasteiger partial charge in [-0.2, -0.15) is 0 Å². The van der Waals surface area contributed by atoms with Gasteiger partial charge in [0, 0.05) is 50.8 Å². The smallest absolute Gasteiger partial charge is 0.190 e. The van der Waals surface area contributed by atoms with Crippen molar-refractivity contribution in [3.05, 3.63) is 34.9 Å². The third-order valence-electron chi connectivity index (χ3n) is 6.24. The largest absolute Gasteiger partial charge is 0.379 e. The van der Waals surface area contributed by atoms with Crippen molar-refractivity contribution in [3.8, 4) is 0 Å². The molecule has 7 heteroatoms. The summed E-state index contributed by atoms with van der Waals surface area (Å²) >= 11 is 6.28. The third kappa shape index (κ3) is 6.84. The van der Waals surface area contributed by atoms with Gasteiger partial charge in [-0.3, -0.25) is 14.8 Å². The van der Waals surface area contributed by atoms with Crippen molar-refractivity contribution in [1.82, 2.24) is 20.4 Å². The molecule has 3 rings (SSSR count).